The molecule has 3 rings (SSSR count). The fourth-order valence-corrected chi connectivity index (χ4v) is 4.17. The Morgan fingerprint density at radius 2 is 1.67 bits per heavy atom. The van der Waals surface area contributed by atoms with E-state index in [9.17, 15) is 13.2 Å². The van der Waals surface area contributed by atoms with E-state index in [-0.39, 0.29) is 33.0 Å². The van der Waals surface area contributed by atoms with Gasteiger partial charge in [0, 0.05) is 0 Å². The second kappa shape index (κ2) is 9.32. The van der Waals surface area contributed by atoms with E-state index >= 15 is 0 Å². The molecule has 0 aliphatic carbocycles. The van der Waals surface area contributed by atoms with Crippen molar-refractivity contribution in [1.29, 1.82) is 0 Å². The van der Waals surface area contributed by atoms with Gasteiger partial charge in [0.1, 0.15) is 11.5 Å². The van der Waals surface area contributed by atoms with E-state index in [0.717, 1.165) is 11.1 Å². The lowest BCUT2D eigenvalue weighted by molar-refractivity contribution is 0.0472. The molecule has 0 unspecified atom stereocenters. The van der Waals surface area contributed by atoms with Gasteiger partial charge in [0.05, 0.1) is 17.1 Å². The zero-order valence-corrected chi connectivity index (χ0v) is 18.7. The first-order valence-corrected chi connectivity index (χ1v) is 11.1. The van der Waals surface area contributed by atoms with Crippen LogP contribution in [-0.2, 0) is 21.5 Å². The topological polar surface area (TPSA) is 78.9 Å². The normalized spacial score (nSPS) is 11.0. The Bertz CT molecular complexity index is 1140. The molecule has 0 atom stereocenters. The van der Waals surface area contributed by atoms with Gasteiger partial charge in [-0.2, -0.15) is 8.42 Å². The fourth-order valence-electron chi connectivity index (χ4n) is 2.59. The van der Waals surface area contributed by atoms with Crippen molar-refractivity contribution in [1.82, 2.24) is 0 Å². The Morgan fingerprint density at radius 3 is 2.30 bits per heavy atom. The highest BCUT2D eigenvalue weighted by atomic mass is 79.9. The number of rotatable bonds is 7. The summed E-state index contributed by atoms with van der Waals surface area (Å²) in [5, 5.41) is 0. The predicted octanol–water partition coefficient (Wildman–Crippen LogP) is 4.89. The summed E-state index contributed by atoms with van der Waals surface area (Å²) in [5.74, 6) is -0.560. The largest absolute Gasteiger partial charge is 0.493 e. The second-order valence-electron chi connectivity index (χ2n) is 6.40. The van der Waals surface area contributed by atoms with E-state index in [2.05, 4.69) is 15.9 Å². The summed E-state index contributed by atoms with van der Waals surface area (Å²) in [6.07, 6.45) is 0. The first-order chi connectivity index (χ1) is 14.3. The molecular formula is C22H19BrO6S. The average Bonchev–Trinajstić information content (AvgIpc) is 2.74. The number of carbonyl (C=O) groups is 1. The van der Waals surface area contributed by atoms with Gasteiger partial charge < -0.3 is 13.7 Å². The van der Waals surface area contributed by atoms with Gasteiger partial charge in [0.2, 0.25) is 0 Å². The first kappa shape index (κ1) is 21.9. The van der Waals surface area contributed by atoms with Crippen LogP contribution in [-0.4, -0.2) is 21.5 Å². The standard InChI is InChI=1S/C22H19BrO6S/c1-15-8-10-18(11-9-15)30(25,26)29-21-19(23)12-17(13-20(21)27-2)22(24)28-14-16-6-4-3-5-7-16/h3-13H,14H2,1-2H3. The highest BCUT2D eigenvalue weighted by Crippen LogP contribution is 2.38. The minimum atomic E-state index is -4.09. The van der Waals surface area contributed by atoms with Crippen LogP contribution in [0.5, 0.6) is 11.5 Å². The zero-order valence-electron chi connectivity index (χ0n) is 16.3. The molecule has 0 saturated carbocycles. The molecule has 0 aliphatic heterocycles. The molecule has 3 aromatic rings. The van der Waals surface area contributed by atoms with E-state index in [0.29, 0.717) is 0 Å². The number of aryl methyl sites for hydroxylation is 1. The number of hydrogen-bond acceptors (Lipinski definition) is 6. The van der Waals surface area contributed by atoms with Crippen molar-refractivity contribution in [2.45, 2.75) is 18.4 Å². The van der Waals surface area contributed by atoms with Gasteiger partial charge in [-0.1, -0.05) is 48.0 Å². The highest BCUT2D eigenvalue weighted by Gasteiger charge is 2.23. The van der Waals surface area contributed by atoms with Gasteiger partial charge in [-0.15, -0.1) is 0 Å². The number of methoxy groups -OCH3 is 1. The minimum absolute atomic E-state index is 0.00778. The van der Waals surface area contributed by atoms with Gasteiger partial charge in [0.15, 0.2) is 11.5 Å². The first-order valence-electron chi connectivity index (χ1n) is 8.90. The monoisotopic (exact) mass is 490 g/mol. The molecule has 0 fully saturated rings. The summed E-state index contributed by atoms with van der Waals surface area (Å²) >= 11 is 3.26. The maximum atomic E-state index is 12.6. The van der Waals surface area contributed by atoms with Crippen LogP contribution in [0.3, 0.4) is 0 Å². The molecule has 156 valence electrons. The van der Waals surface area contributed by atoms with E-state index in [1.165, 1.54) is 31.4 Å². The van der Waals surface area contributed by atoms with Crippen LogP contribution in [0.1, 0.15) is 21.5 Å². The Kier molecular flexibility index (Phi) is 6.79. The quantitative estimate of drug-likeness (QED) is 0.346. The number of esters is 1. The van der Waals surface area contributed by atoms with E-state index in [1.807, 2.05) is 37.3 Å². The summed E-state index contributed by atoms with van der Waals surface area (Å²) < 4.78 is 41.3. The third kappa shape index (κ3) is 5.20. The SMILES string of the molecule is COc1cc(C(=O)OCc2ccccc2)cc(Br)c1OS(=O)(=O)c1ccc(C)cc1. The Labute approximate surface area is 183 Å². The van der Waals surface area contributed by atoms with Crippen molar-refractivity contribution in [3.63, 3.8) is 0 Å². The molecule has 8 heteroatoms. The van der Waals surface area contributed by atoms with Gasteiger partial charge in [-0.3, -0.25) is 0 Å². The van der Waals surface area contributed by atoms with Crippen molar-refractivity contribution in [2.75, 3.05) is 7.11 Å². The number of benzene rings is 3. The van der Waals surface area contributed by atoms with E-state index < -0.39 is 16.1 Å². The van der Waals surface area contributed by atoms with Crippen molar-refractivity contribution in [3.05, 3.63) is 87.9 Å². The Balaban J connectivity index is 1.83. The number of ether oxygens (including phenoxy) is 2. The van der Waals surface area contributed by atoms with Crippen molar-refractivity contribution in [2.24, 2.45) is 0 Å². The van der Waals surface area contributed by atoms with Crippen molar-refractivity contribution in [3.8, 4) is 11.5 Å². The van der Waals surface area contributed by atoms with Gasteiger partial charge in [0.25, 0.3) is 0 Å². The van der Waals surface area contributed by atoms with Gasteiger partial charge >= 0.3 is 16.1 Å². The van der Waals surface area contributed by atoms with Gasteiger partial charge in [-0.05, 0) is 52.7 Å². The number of halogens is 1. The predicted molar refractivity (Wildman–Crippen MR) is 115 cm³/mol. The molecule has 0 amide bonds. The maximum absolute atomic E-state index is 12.6. The lowest BCUT2D eigenvalue weighted by atomic mass is 10.2. The van der Waals surface area contributed by atoms with Crippen LogP contribution in [0.2, 0.25) is 0 Å². The molecular weight excluding hydrogens is 472 g/mol. The third-order valence-corrected chi connectivity index (χ3v) is 6.01. The van der Waals surface area contributed by atoms with Crippen LogP contribution in [0.15, 0.2) is 76.1 Å². The summed E-state index contributed by atoms with van der Waals surface area (Å²) in [4.78, 5) is 12.4. The Morgan fingerprint density at radius 1 is 1.00 bits per heavy atom. The molecule has 0 bridgehead atoms. The number of carbonyl (C=O) groups excluding carboxylic acids is 1. The molecule has 0 N–H and O–H groups in total. The molecule has 0 aliphatic rings. The van der Waals surface area contributed by atoms with Crippen LogP contribution in [0.4, 0.5) is 0 Å². The summed E-state index contributed by atoms with van der Waals surface area (Å²) in [7, 11) is -2.74. The molecule has 0 radical (unpaired) electrons. The average molecular weight is 491 g/mol. The smallest absolute Gasteiger partial charge is 0.339 e. The van der Waals surface area contributed by atoms with Crippen LogP contribution < -0.4 is 8.92 Å². The van der Waals surface area contributed by atoms with Crippen molar-refractivity contribution >= 4 is 32.0 Å². The van der Waals surface area contributed by atoms with E-state index in [1.54, 1.807) is 12.1 Å². The number of hydrogen-bond donors (Lipinski definition) is 0. The molecule has 30 heavy (non-hydrogen) atoms. The maximum Gasteiger partial charge on any atom is 0.339 e. The summed E-state index contributed by atoms with van der Waals surface area (Å²) in [5.41, 5.74) is 1.96. The summed E-state index contributed by atoms with van der Waals surface area (Å²) in [6.45, 7) is 1.96. The van der Waals surface area contributed by atoms with Gasteiger partial charge in [-0.25, -0.2) is 4.79 Å². The fraction of sp³-hybridized carbons (Fsp3) is 0.136. The lowest BCUT2D eigenvalue weighted by Gasteiger charge is -2.14. The summed E-state index contributed by atoms with van der Waals surface area (Å²) in [6, 6.07) is 18.3. The van der Waals surface area contributed by atoms with E-state index in [4.69, 9.17) is 13.7 Å². The molecule has 0 saturated heterocycles. The molecule has 0 spiro atoms. The Hall–Kier alpha value is -2.84. The van der Waals surface area contributed by atoms with Crippen LogP contribution in [0.25, 0.3) is 0 Å². The van der Waals surface area contributed by atoms with Crippen LogP contribution >= 0.6 is 15.9 Å². The molecule has 6 nitrogen and oxygen atoms in total. The zero-order chi connectivity index (χ0) is 21.7. The minimum Gasteiger partial charge on any atom is -0.493 e. The molecule has 0 aromatic heterocycles. The second-order valence-corrected chi connectivity index (χ2v) is 8.80. The van der Waals surface area contributed by atoms with Crippen LogP contribution in [0, 0.1) is 6.92 Å². The third-order valence-electron chi connectivity index (χ3n) is 4.18. The molecule has 3 aromatic carbocycles. The van der Waals surface area contributed by atoms with Crippen molar-refractivity contribution < 1.29 is 26.9 Å². The highest BCUT2D eigenvalue weighted by molar-refractivity contribution is 9.10. The molecule has 0 heterocycles. The lowest BCUT2D eigenvalue weighted by Crippen LogP contribution is -2.12.